The summed E-state index contributed by atoms with van der Waals surface area (Å²) in [6, 6.07) is 0. The lowest BCUT2D eigenvalue weighted by Gasteiger charge is -1.68. The molecule has 1 aliphatic rings. The fourth-order valence-electron chi connectivity index (χ4n) is 0.718. The van der Waals surface area contributed by atoms with Crippen LogP contribution in [0.15, 0.2) is 23.3 Å². The maximum atomic E-state index is 2.17. The van der Waals surface area contributed by atoms with E-state index in [9.17, 15) is 0 Å². The Bertz CT molecular complexity index is 127. The van der Waals surface area contributed by atoms with Crippen LogP contribution in [0.1, 0.15) is 13.8 Å². The van der Waals surface area contributed by atoms with Gasteiger partial charge in [0.05, 0.1) is 23.3 Å². The van der Waals surface area contributed by atoms with Gasteiger partial charge >= 0.3 is 0 Å². The molecule has 0 atom stereocenters. The summed E-state index contributed by atoms with van der Waals surface area (Å²) in [5, 5.41) is 0. The van der Waals surface area contributed by atoms with E-state index in [-0.39, 0.29) is 0 Å². The third-order valence-corrected chi connectivity index (χ3v) is 1.06. The largest absolute Gasteiger partial charge is 0.0903 e. The van der Waals surface area contributed by atoms with Crippen molar-refractivity contribution < 1.29 is 0 Å². The van der Waals surface area contributed by atoms with Crippen molar-refractivity contribution in [3.05, 3.63) is 29.7 Å². The molecule has 0 heterocycles. The van der Waals surface area contributed by atoms with Crippen molar-refractivity contribution in [2.24, 2.45) is 0 Å². The third-order valence-electron chi connectivity index (χ3n) is 1.06. The molecule has 1 rings (SSSR count). The highest BCUT2D eigenvalue weighted by molar-refractivity contribution is 5.38. The van der Waals surface area contributed by atoms with Gasteiger partial charge in [0.15, 0.2) is 0 Å². The summed E-state index contributed by atoms with van der Waals surface area (Å²) in [4.78, 5) is 0. The van der Waals surface area contributed by atoms with Gasteiger partial charge in [-0.3, -0.25) is 0 Å². The zero-order valence-electron chi connectivity index (χ0n) is 4.73. The fraction of sp³-hybridized carbons (Fsp3) is 0.286. The maximum Gasteiger partial charge on any atom is 0.0903 e. The van der Waals surface area contributed by atoms with Gasteiger partial charge in [-0.2, -0.15) is 0 Å². The molecule has 0 radical (unpaired) electrons. The highest BCUT2D eigenvalue weighted by Gasteiger charge is 2.05. The first-order valence-electron chi connectivity index (χ1n) is 2.49. The van der Waals surface area contributed by atoms with Gasteiger partial charge in [-0.25, -0.2) is 0 Å². The number of rotatable bonds is 0. The minimum atomic E-state index is 1.36. The van der Waals surface area contributed by atoms with Crippen LogP contribution in [-0.2, 0) is 0 Å². The van der Waals surface area contributed by atoms with Crippen LogP contribution in [0, 0.1) is 6.42 Å². The van der Waals surface area contributed by atoms with E-state index < -0.39 is 0 Å². The molecule has 0 heteroatoms. The maximum absolute atomic E-state index is 2.17. The average Bonchev–Trinajstić information content (AvgIpc) is 1.87. The van der Waals surface area contributed by atoms with E-state index in [1.807, 2.05) is 0 Å². The summed E-state index contributed by atoms with van der Waals surface area (Å²) in [5.41, 5.74) is 2.72. The van der Waals surface area contributed by atoms with Crippen molar-refractivity contribution >= 4 is 0 Å². The summed E-state index contributed by atoms with van der Waals surface area (Å²) in [7, 11) is 0. The SMILES string of the molecule is CC1=C[CH+]C(C)=C1. The summed E-state index contributed by atoms with van der Waals surface area (Å²) in [6.45, 7) is 4.21. The average molecular weight is 93.1 g/mol. The molecule has 1 aliphatic carbocycles. The van der Waals surface area contributed by atoms with Gasteiger partial charge in [-0.1, -0.05) is 0 Å². The van der Waals surface area contributed by atoms with Gasteiger partial charge in [-0.05, 0) is 6.92 Å². The number of hydrogen-bond donors (Lipinski definition) is 0. The Balaban J connectivity index is 2.69. The lowest BCUT2D eigenvalue weighted by atomic mass is 10.3. The molecular weight excluding hydrogens is 84.1 g/mol. The lowest BCUT2D eigenvalue weighted by Crippen LogP contribution is -1.60. The fourth-order valence-corrected chi connectivity index (χ4v) is 0.718. The van der Waals surface area contributed by atoms with Crippen molar-refractivity contribution in [3.8, 4) is 0 Å². The van der Waals surface area contributed by atoms with Gasteiger partial charge in [0, 0.05) is 13.3 Å². The highest BCUT2D eigenvalue weighted by atomic mass is 14.0. The van der Waals surface area contributed by atoms with E-state index in [4.69, 9.17) is 0 Å². The smallest absolute Gasteiger partial charge is 0.0132 e. The second-order valence-electron chi connectivity index (χ2n) is 1.97. The molecule has 0 N–H and O–H groups in total. The normalized spacial score (nSPS) is 18.0. The molecule has 0 aromatic heterocycles. The topological polar surface area (TPSA) is 0 Å². The second kappa shape index (κ2) is 1.45. The van der Waals surface area contributed by atoms with Gasteiger partial charge in [0.25, 0.3) is 0 Å². The monoisotopic (exact) mass is 93.1 g/mol. The Morgan fingerprint density at radius 1 is 1.43 bits per heavy atom. The van der Waals surface area contributed by atoms with Crippen molar-refractivity contribution in [2.45, 2.75) is 13.8 Å². The first kappa shape index (κ1) is 4.51. The molecular formula is C7H9+. The van der Waals surface area contributed by atoms with E-state index in [1.54, 1.807) is 0 Å². The molecule has 0 bridgehead atoms. The van der Waals surface area contributed by atoms with Crippen LogP contribution in [0.5, 0.6) is 0 Å². The van der Waals surface area contributed by atoms with Crippen LogP contribution < -0.4 is 0 Å². The zero-order chi connectivity index (χ0) is 5.28. The van der Waals surface area contributed by atoms with Crippen molar-refractivity contribution in [1.82, 2.24) is 0 Å². The van der Waals surface area contributed by atoms with Crippen LogP contribution in [0.25, 0.3) is 0 Å². The highest BCUT2D eigenvalue weighted by Crippen LogP contribution is 2.13. The molecule has 0 spiro atoms. The molecule has 7 heavy (non-hydrogen) atoms. The third kappa shape index (κ3) is 0.861. The molecule has 0 aliphatic heterocycles. The van der Waals surface area contributed by atoms with Crippen LogP contribution in [-0.4, -0.2) is 0 Å². The Morgan fingerprint density at radius 2 is 2.14 bits per heavy atom. The Morgan fingerprint density at radius 3 is 2.29 bits per heavy atom. The van der Waals surface area contributed by atoms with Crippen LogP contribution in [0.2, 0.25) is 0 Å². The van der Waals surface area contributed by atoms with Crippen molar-refractivity contribution in [1.29, 1.82) is 0 Å². The molecule has 36 valence electrons. The molecule has 0 saturated carbocycles. The van der Waals surface area contributed by atoms with E-state index in [2.05, 4.69) is 32.4 Å². The Labute approximate surface area is 44.5 Å². The molecule has 0 fully saturated rings. The molecule has 0 unspecified atom stereocenters. The van der Waals surface area contributed by atoms with Gasteiger partial charge < -0.3 is 0 Å². The predicted molar refractivity (Wildman–Crippen MR) is 31.8 cm³/mol. The van der Waals surface area contributed by atoms with E-state index in [0.29, 0.717) is 0 Å². The zero-order valence-corrected chi connectivity index (χ0v) is 4.73. The van der Waals surface area contributed by atoms with Crippen molar-refractivity contribution in [3.63, 3.8) is 0 Å². The van der Waals surface area contributed by atoms with E-state index in [1.165, 1.54) is 11.1 Å². The Kier molecular flexibility index (Phi) is 0.935. The first-order chi connectivity index (χ1) is 3.29. The summed E-state index contributed by atoms with van der Waals surface area (Å²) >= 11 is 0. The molecule has 0 aromatic carbocycles. The van der Waals surface area contributed by atoms with E-state index in [0.717, 1.165) is 0 Å². The predicted octanol–water partition coefficient (Wildman–Crippen LogP) is 2.10. The summed E-state index contributed by atoms with van der Waals surface area (Å²) in [6.07, 6.45) is 6.41. The van der Waals surface area contributed by atoms with E-state index >= 15 is 0 Å². The van der Waals surface area contributed by atoms with Crippen LogP contribution in [0.3, 0.4) is 0 Å². The number of hydrogen-bond acceptors (Lipinski definition) is 0. The number of allylic oxidation sites excluding steroid dienone is 4. The summed E-state index contributed by atoms with van der Waals surface area (Å²) < 4.78 is 0. The standard InChI is InChI=1S/C7H9/c1-6-3-4-7(2)5-6/h3-5H,1-2H3/q+1. The van der Waals surface area contributed by atoms with Gasteiger partial charge in [0.2, 0.25) is 0 Å². The summed E-state index contributed by atoms with van der Waals surface area (Å²) in [5.74, 6) is 0. The van der Waals surface area contributed by atoms with Crippen LogP contribution >= 0.6 is 0 Å². The van der Waals surface area contributed by atoms with Crippen molar-refractivity contribution in [2.75, 3.05) is 0 Å². The molecule has 0 nitrogen and oxygen atoms in total. The van der Waals surface area contributed by atoms with Gasteiger partial charge in [0.1, 0.15) is 0 Å². The quantitative estimate of drug-likeness (QED) is 0.402. The first-order valence-corrected chi connectivity index (χ1v) is 2.49. The second-order valence-corrected chi connectivity index (χ2v) is 1.97. The Hall–Kier alpha value is -0.650. The van der Waals surface area contributed by atoms with Crippen LogP contribution in [0.4, 0.5) is 0 Å². The van der Waals surface area contributed by atoms with Gasteiger partial charge in [-0.15, -0.1) is 0 Å². The minimum Gasteiger partial charge on any atom is -0.0132 e. The molecule has 0 amide bonds. The molecule has 0 saturated heterocycles. The lowest BCUT2D eigenvalue weighted by molar-refractivity contribution is 1.48. The minimum absolute atomic E-state index is 1.36. The molecule has 0 aromatic rings.